The predicted octanol–water partition coefficient (Wildman–Crippen LogP) is 0.375. The van der Waals surface area contributed by atoms with Crippen LogP contribution in [0.25, 0.3) is 0 Å². The third-order valence-corrected chi connectivity index (χ3v) is 1.81. The van der Waals surface area contributed by atoms with Crippen molar-refractivity contribution in [3.8, 4) is 17.5 Å². The van der Waals surface area contributed by atoms with E-state index in [1.54, 1.807) is 17.5 Å². The summed E-state index contributed by atoms with van der Waals surface area (Å²) in [7, 11) is 0. The number of nitrogen functional groups attached to an aromatic ring is 1. The quantitative estimate of drug-likeness (QED) is 0.515. The van der Waals surface area contributed by atoms with Crippen LogP contribution in [0.3, 0.4) is 0 Å². The molecule has 0 atom stereocenters. The van der Waals surface area contributed by atoms with Crippen LogP contribution in [0.4, 0.5) is 5.82 Å². The number of rotatable bonds is 1. The number of nitrogens with two attached hydrogens (primary N) is 1. The Hall–Kier alpha value is -2.30. The molecule has 0 radical (unpaired) electrons. The molecule has 1 aromatic heterocycles. The van der Waals surface area contributed by atoms with E-state index in [0.29, 0.717) is 11.8 Å². The first-order valence-electron chi connectivity index (χ1n) is 3.26. The van der Waals surface area contributed by atoms with Crippen LogP contribution in [-0.4, -0.2) is 9.97 Å². The Labute approximate surface area is 83.6 Å². The Kier molecular flexibility index (Phi) is 2.85. The van der Waals surface area contributed by atoms with Crippen LogP contribution in [0.15, 0.2) is 5.03 Å². The van der Waals surface area contributed by atoms with Crippen LogP contribution in [-0.2, 0) is 0 Å². The highest BCUT2D eigenvalue weighted by molar-refractivity contribution is 8.03. The van der Waals surface area contributed by atoms with Gasteiger partial charge in [0.15, 0.2) is 17.2 Å². The summed E-state index contributed by atoms with van der Waals surface area (Å²) in [4.78, 5) is 7.36. The van der Waals surface area contributed by atoms with Crippen molar-refractivity contribution in [1.82, 2.24) is 9.97 Å². The molecule has 14 heavy (non-hydrogen) atoms. The summed E-state index contributed by atoms with van der Waals surface area (Å²) in [6, 6.07) is 3.43. The smallest absolute Gasteiger partial charge is 0.184 e. The molecule has 66 valence electrons. The van der Waals surface area contributed by atoms with E-state index in [2.05, 4.69) is 9.97 Å². The molecule has 1 heterocycles. The van der Waals surface area contributed by atoms with Gasteiger partial charge < -0.3 is 5.73 Å². The molecule has 0 saturated carbocycles. The van der Waals surface area contributed by atoms with Crippen molar-refractivity contribution in [3.63, 3.8) is 0 Å². The molecule has 0 aliphatic carbocycles. The Morgan fingerprint density at radius 2 is 1.71 bits per heavy atom. The first-order valence-corrected chi connectivity index (χ1v) is 4.08. The molecule has 0 aliphatic rings. The highest BCUT2D eigenvalue weighted by Gasteiger charge is 2.11. The van der Waals surface area contributed by atoms with Gasteiger partial charge in [0.05, 0.1) is 0 Å². The summed E-state index contributed by atoms with van der Waals surface area (Å²) in [5.74, 6) is -0.0794. The third kappa shape index (κ3) is 1.71. The molecule has 7 heteroatoms. The molecule has 0 aromatic carbocycles. The van der Waals surface area contributed by atoms with Gasteiger partial charge in [-0.05, 0) is 0 Å². The van der Waals surface area contributed by atoms with Crippen molar-refractivity contribution in [3.05, 3.63) is 11.4 Å². The molecule has 1 aromatic rings. The zero-order chi connectivity index (χ0) is 10.6. The monoisotopic (exact) mass is 202 g/mol. The predicted molar refractivity (Wildman–Crippen MR) is 47.3 cm³/mol. The van der Waals surface area contributed by atoms with E-state index < -0.39 is 0 Å². The molecular weight excluding hydrogens is 200 g/mol. The Bertz CT molecular complexity index is 489. The maximum absolute atomic E-state index is 8.63. The van der Waals surface area contributed by atoms with E-state index in [1.165, 1.54) is 0 Å². The van der Waals surface area contributed by atoms with Gasteiger partial charge in [0.1, 0.15) is 22.6 Å². The van der Waals surface area contributed by atoms with E-state index in [9.17, 15) is 0 Å². The summed E-state index contributed by atoms with van der Waals surface area (Å²) in [6.07, 6.45) is 0. The van der Waals surface area contributed by atoms with E-state index in [-0.39, 0.29) is 22.2 Å². The van der Waals surface area contributed by atoms with Crippen LogP contribution in [0.2, 0.25) is 0 Å². The van der Waals surface area contributed by atoms with E-state index in [0.717, 1.165) is 0 Å². The number of hydrogen-bond donors (Lipinski definition) is 1. The first-order chi connectivity index (χ1) is 6.72. The molecule has 0 bridgehead atoms. The van der Waals surface area contributed by atoms with E-state index >= 15 is 0 Å². The minimum Gasteiger partial charge on any atom is -0.381 e. The molecule has 0 fully saturated rings. The highest BCUT2D eigenvalue weighted by atomic mass is 32.2. The summed E-state index contributed by atoms with van der Waals surface area (Å²) < 4.78 is 0. The van der Waals surface area contributed by atoms with E-state index in [4.69, 9.17) is 21.5 Å². The molecule has 0 saturated heterocycles. The minimum atomic E-state index is -0.108. The van der Waals surface area contributed by atoms with Crippen LogP contribution < -0.4 is 5.73 Å². The maximum atomic E-state index is 8.63. The standard InChI is InChI=1S/C7H2N6S/c8-1-4-6(11)13-7(14-3-10)5(2-9)12-4/h(H2,11,13). The van der Waals surface area contributed by atoms with Gasteiger partial charge in [0.2, 0.25) is 0 Å². The molecular formula is C7H2N6S. The van der Waals surface area contributed by atoms with Gasteiger partial charge >= 0.3 is 0 Å². The average molecular weight is 202 g/mol. The second-order valence-electron chi connectivity index (χ2n) is 2.03. The fraction of sp³-hybridized carbons (Fsp3) is 0. The number of anilines is 1. The van der Waals surface area contributed by atoms with Gasteiger partial charge in [-0.25, -0.2) is 9.97 Å². The normalized spacial score (nSPS) is 8.36. The lowest BCUT2D eigenvalue weighted by atomic mass is 10.4. The van der Waals surface area contributed by atoms with Gasteiger partial charge in [0.25, 0.3) is 0 Å². The maximum Gasteiger partial charge on any atom is 0.184 e. The SMILES string of the molecule is N#CSc1nc(N)c(C#N)nc1C#N. The van der Waals surface area contributed by atoms with Crippen molar-refractivity contribution < 1.29 is 0 Å². The average Bonchev–Trinajstić information content (AvgIpc) is 2.19. The second-order valence-corrected chi connectivity index (χ2v) is 2.80. The van der Waals surface area contributed by atoms with Gasteiger partial charge in [-0.3, -0.25) is 0 Å². The van der Waals surface area contributed by atoms with Gasteiger partial charge in [-0.2, -0.15) is 15.8 Å². The Morgan fingerprint density at radius 3 is 2.21 bits per heavy atom. The third-order valence-electron chi connectivity index (χ3n) is 1.24. The zero-order valence-corrected chi connectivity index (χ0v) is 7.54. The van der Waals surface area contributed by atoms with Gasteiger partial charge in [-0.15, -0.1) is 0 Å². The fourth-order valence-electron chi connectivity index (χ4n) is 0.702. The molecule has 0 aliphatic heterocycles. The minimum absolute atomic E-state index is 0.0673. The molecule has 6 nitrogen and oxygen atoms in total. The van der Waals surface area contributed by atoms with Crippen molar-refractivity contribution >= 4 is 17.6 Å². The first kappa shape index (κ1) is 9.79. The Morgan fingerprint density at radius 1 is 1.07 bits per heavy atom. The number of nitrogens with zero attached hydrogens (tertiary/aromatic N) is 5. The summed E-state index contributed by atoms with van der Waals surface area (Å²) in [6.45, 7) is 0. The van der Waals surface area contributed by atoms with Crippen molar-refractivity contribution in [2.45, 2.75) is 5.03 Å². The lowest BCUT2D eigenvalue weighted by molar-refractivity contribution is 1.02. The second kappa shape index (κ2) is 4.08. The van der Waals surface area contributed by atoms with Crippen LogP contribution in [0.5, 0.6) is 0 Å². The molecule has 2 N–H and O–H groups in total. The number of thiocyanates is 1. The van der Waals surface area contributed by atoms with Crippen molar-refractivity contribution in [2.24, 2.45) is 0 Å². The summed E-state index contributed by atoms with van der Waals surface area (Å²) >= 11 is 0.680. The van der Waals surface area contributed by atoms with Gasteiger partial charge in [-0.1, -0.05) is 0 Å². The van der Waals surface area contributed by atoms with Gasteiger partial charge in [0, 0.05) is 11.8 Å². The van der Waals surface area contributed by atoms with Crippen molar-refractivity contribution in [1.29, 1.82) is 15.8 Å². The van der Waals surface area contributed by atoms with Crippen molar-refractivity contribution in [2.75, 3.05) is 5.73 Å². The Balaban J connectivity index is 3.37. The number of hydrogen-bond acceptors (Lipinski definition) is 7. The topological polar surface area (TPSA) is 123 Å². The summed E-state index contributed by atoms with van der Waals surface area (Å²) in [5, 5.41) is 27.4. The highest BCUT2D eigenvalue weighted by Crippen LogP contribution is 2.19. The molecule has 0 amide bonds. The zero-order valence-electron chi connectivity index (χ0n) is 6.72. The number of nitriles is 3. The number of thioether (sulfide) groups is 1. The lowest BCUT2D eigenvalue weighted by Crippen LogP contribution is -2.02. The molecule has 1 rings (SSSR count). The molecule has 0 unspecified atom stereocenters. The lowest BCUT2D eigenvalue weighted by Gasteiger charge is -1.99. The van der Waals surface area contributed by atoms with Crippen LogP contribution >= 0.6 is 11.8 Å². The largest absolute Gasteiger partial charge is 0.381 e. The molecule has 0 spiro atoms. The van der Waals surface area contributed by atoms with Crippen LogP contribution in [0.1, 0.15) is 11.4 Å². The number of aromatic nitrogens is 2. The van der Waals surface area contributed by atoms with Crippen LogP contribution in [0, 0.1) is 33.3 Å². The fourth-order valence-corrected chi connectivity index (χ4v) is 1.12. The summed E-state index contributed by atoms with van der Waals surface area (Å²) in [5.41, 5.74) is 5.18. The van der Waals surface area contributed by atoms with E-state index in [1.807, 2.05) is 0 Å².